The van der Waals surface area contributed by atoms with Gasteiger partial charge in [-0.3, -0.25) is 9.59 Å². The third-order valence-corrected chi connectivity index (χ3v) is 4.77. The quantitative estimate of drug-likeness (QED) is 0.496. The van der Waals surface area contributed by atoms with Crippen molar-refractivity contribution in [1.29, 1.82) is 0 Å². The number of benzene rings is 3. The van der Waals surface area contributed by atoms with Gasteiger partial charge in [0.05, 0.1) is 0 Å². The van der Waals surface area contributed by atoms with E-state index in [9.17, 15) is 9.59 Å². The lowest BCUT2D eigenvalue weighted by molar-refractivity contribution is -0.112. The van der Waals surface area contributed by atoms with Gasteiger partial charge in [-0.25, -0.2) is 0 Å². The molecule has 2 N–H and O–H groups in total. The molecule has 156 valence electrons. The molecule has 0 aromatic heterocycles. The van der Waals surface area contributed by atoms with Crippen LogP contribution in [0, 0.1) is 20.8 Å². The van der Waals surface area contributed by atoms with Gasteiger partial charge < -0.3 is 10.6 Å². The molecule has 0 atom stereocenters. The average molecular weight is 411 g/mol. The van der Waals surface area contributed by atoms with Gasteiger partial charge in [-0.15, -0.1) is 0 Å². The molecule has 0 unspecified atom stereocenters. The average Bonchev–Trinajstić information content (AvgIpc) is 2.75. The Morgan fingerprint density at radius 1 is 0.645 bits per heavy atom. The standard InChI is InChI=1S/C27H26N2O2/c1-19-4-9-22(10-5-19)13-16-26(30)28-24-15-8-21(3)25(18-24)29-27(31)17-14-23-11-6-20(2)7-12-23/h4-18H,1-3H3,(H,28,30)(H,29,31)/b16-13+,17-14+. The first-order valence-corrected chi connectivity index (χ1v) is 10.1. The van der Waals surface area contributed by atoms with E-state index in [1.165, 1.54) is 23.3 Å². The summed E-state index contributed by atoms with van der Waals surface area (Å²) in [7, 11) is 0. The van der Waals surface area contributed by atoms with Crippen molar-refractivity contribution >= 4 is 35.3 Å². The fraction of sp³-hybridized carbons (Fsp3) is 0.111. The Balaban J connectivity index is 1.62. The maximum absolute atomic E-state index is 12.3. The predicted molar refractivity (Wildman–Crippen MR) is 129 cm³/mol. The van der Waals surface area contributed by atoms with Gasteiger partial charge in [0, 0.05) is 23.5 Å². The van der Waals surface area contributed by atoms with E-state index >= 15 is 0 Å². The molecule has 0 spiro atoms. The lowest BCUT2D eigenvalue weighted by Crippen LogP contribution is -2.11. The second kappa shape index (κ2) is 10.2. The van der Waals surface area contributed by atoms with Crippen molar-refractivity contribution in [2.24, 2.45) is 0 Å². The van der Waals surface area contributed by atoms with Crippen LogP contribution < -0.4 is 10.6 Å². The second-order valence-corrected chi connectivity index (χ2v) is 7.50. The zero-order valence-electron chi connectivity index (χ0n) is 18.0. The summed E-state index contributed by atoms with van der Waals surface area (Å²) in [6, 6.07) is 21.3. The molecule has 0 saturated carbocycles. The highest BCUT2D eigenvalue weighted by atomic mass is 16.2. The summed E-state index contributed by atoms with van der Waals surface area (Å²) in [6.45, 7) is 5.95. The van der Waals surface area contributed by atoms with Crippen LogP contribution in [-0.4, -0.2) is 11.8 Å². The fourth-order valence-electron chi connectivity index (χ4n) is 2.89. The number of anilines is 2. The molecule has 0 bridgehead atoms. The zero-order valence-corrected chi connectivity index (χ0v) is 18.0. The molecule has 0 aliphatic rings. The molecule has 31 heavy (non-hydrogen) atoms. The van der Waals surface area contributed by atoms with E-state index in [4.69, 9.17) is 0 Å². The van der Waals surface area contributed by atoms with E-state index in [2.05, 4.69) is 10.6 Å². The van der Waals surface area contributed by atoms with Crippen LogP contribution in [-0.2, 0) is 9.59 Å². The topological polar surface area (TPSA) is 58.2 Å². The Morgan fingerprint density at radius 2 is 1.13 bits per heavy atom. The minimum Gasteiger partial charge on any atom is -0.322 e. The number of carbonyl (C=O) groups excluding carboxylic acids is 2. The first-order chi connectivity index (χ1) is 14.9. The van der Waals surface area contributed by atoms with E-state index < -0.39 is 0 Å². The molecular formula is C27H26N2O2. The van der Waals surface area contributed by atoms with Crippen LogP contribution in [0.15, 0.2) is 78.9 Å². The Kier molecular flexibility index (Phi) is 7.17. The third kappa shape index (κ3) is 6.82. The maximum atomic E-state index is 12.3. The Labute approximate surface area is 183 Å². The van der Waals surface area contributed by atoms with Gasteiger partial charge in [0.2, 0.25) is 11.8 Å². The van der Waals surface area contributed by atoms with Gasteiger partial charge in [0.1, 0.15) is 0 Å². The molecule has 3 rings (SSSR count). The van der Waals surface area contributed by atoms with E-state index in [-0.39, 0.29) is 11.8 Å². The lowest BCUT2D eigenvalue weighted by Gasteiger charge is -2.10. The van der Waals surface area contributed by atoms with Crippen LogP contribution in [0.1, 0.15) is 27.8 Å². The van der Waals surface area contributed by atoms with E-state index in [1.54, 1.807) is 18.2 Å². The molecule has 0 aliphatic heterocycles. The van der Waals surface area contributed by atoms with E-state index in [1.807, 2.05) is 81.4 Å². The minimum absolute atomic E-state index is 0.230. The highest BCUT2D eigenvalue weighted by Gasteiger charge is 2.05. The number of amides is 2. The molecule has 4 nitrogen and oxygen atoms in total. The highest BCUT2D eigenvalue weighted by molar-refractivity contribution is 6.04. The van der Waals surface area contributed by atoms with Crippen LogP contribution in [0.2, 0.25) is 0 Å². The first kappa shape index (κ1) is 21.8. The number of rotatable bonds is 6. The monoisotopic (exact) mass is 410 g/mol. The van der Waals surface area contributed by atoms with Crippen molar-refractivity contribution in [1.82, 2.24) is 0 Å². The fourth-order valence-corrected chi connectivity index (χ4v) is 2.89. The second-order valence-electron chi connectivity index (χ2n) is 7.50. The zero-order chi connectivity index (χ0) is 22.2. The third-order valence-electron chi connectivity index (χ3n) is 4.77. The summed E-state index contributed by atoms with van der Waals surface area (Å²) in [5.74, 6) is -0.465. The molecule has 0 radical (unpaired) electrons. The minimum atomic E-state index is -0.235. The van der Waals surface area contributed by atoms with E-state index in [0.29, 0.717) is 11.4 Å². The summed E-state index contributed by atoms with van der Waals surface area (Å²) in [5.41, 5.74) is 6.43. The van der Waals surface area contributed by atoms with E-state index in [0.717, 1.165) is 16.7 Å². The van der Waals surface area contributed by atoms with Crippen molar-refractivity contribution < 1.29 is 9.59 Å². The van der Waals surface area contributed by atoms with Gasteiger partial charge in [-0.1, -0.05) is 65.7 Å². The van der Waals surface area contributed by atoms with Gasteiger partial charge in [0.25, 0.3) is 0 Å². The van der Waals surface area contributed by atoms with Gasteiger partial charge >= 0.3 is 0 Å². The molecule has 0 saturated heterocycles. The van der Waals surface area contributed by atoms with Crippen LogP contribution in [0.3, 0.4) is 0 Å². The summed E-state index contributed by atoms with van der Waals surface area (Å²) in [5, 5.41) is 5.71. The van der Waals surface area contributed by atoms with Crippen molar-refractivity contribution in [3.05, 3.63) is 107 Å². The van der Waals surface area contributed by atoms with Gasteiger partial charge in [-0.2, -0.15) is 0 Å². The van der Waals surface area contributed by atoms with Crippen molar-refractivity contribution in [2.75, 3.05) is 10.6 Å². The number of carbonyl (C=O) groups is 2. The Hall–Kier alpha value is -3.92. The SMILES string of the molecule is Cc1ccc(/C=C/C(=O)Nc2ccc(C)c(NC(=O)/C=C/c3ccc(C)cc3)c2)cc1. The Bertz CT molecular complexity index is 1120. The van der Waals surface area contributed by atoms with Crippen molar-refractivity contribution in [3.8, 4) is 0 Å². The number of hydrogen-bond donors (Lipinski definition) is 2. The number of nitrogens with one attached hydrogen (secondary N) is 2. The van der Waals surface area contributed by atoms with Gasteiger partial charge in [-0.05, 0) is 61.7 Å². The largest absolute Gasteiger partial charge is 0.322 e. The normalized spacial score (nSPS) is 11.1. The number of hydrogen-bond acceptors (Lipinski definition) is 2. The van der Waals surface area contributed by atoms with Crippen LogP contribution in [0.4, 0.5) is 11.4 Å². The molecular weight excluding hydrogens is 384 g/mol. The lowest BCUT2D eigenvalue weighted by atomic mass is 10.1. The van der Waals surface area contributed by atoms with Crippen LogP contribution in [0.5, 0.6) is 0 Å². The first-order valence-electron chi connectivity index (χ1n) is 10.1. The highest BCUT2D eigenvalue weighted by Crippen LogP contribution is 2.20. The number of aryl methyl sites for hydroxylation is 3. The molecule has 2 amide bonds. The Morgan fingerprint density at radius 3 is 1.65 bits per heavy atom. The molecule has 0 aliphatic carbocycles. The summed E-state index contributed by atoms with van der Waals surface area (Å²) < 4.78 is 0. The summed E-state index contributed by atoms with van der Waals surface area (Å²) in [6.07, 6.45) is 6.53. The summed E-state index contributed by atoms with van der Waals surface area (Å²) in [4.78, 5) is 24.6. The summed E-state index contributed by atoms with van der Waals surface area (Å²) >= 11 is 0. The van der Waals surface area contributed by atoms with Crippen LogP contribution in [0.25, 0.3) is 12.2 Å². The van der Waals surface area contributed by atoms with Crippen LogP contribution >= 0.6 is 0 Å². The van der Waals surface area contributed by atoms with Gasteiger partial charge in [0.15, 0.2) is 0 Å². The predicted octanol–water partition coefficient (Wildman–Crippen LogP) is 5.92. The molecule has 0 fully saturated rings. The maximum Gasteiger partial charge on any atom is 0.248 e. The van der Waals surface area contributed by atoms with Crippen molar-refractivity contribution in [3.63, 3.8) is 0 Å². The smallest absolute Gasteiger partial charge is 0.248 e. The molecule has 3 aromatic rings. The molecule has 4 heteroatoms. The molecule has 3 aromatic carbocycles. The molecule has 0 heterocycles. The van der Waals surface area contributed by atoms with Crippen molar-refractivity contribution in [2.45, 2.75) is 20.8 Å².